The minimum absolute atomic E-state index is 0.143. The number of aromatic nitrogens is 1. The van der Waals surface area contributed by atoms with Crippen molar-refractivity contribution in [3.63, 3.8) is 0 Å². The first-order chi connectivity index (χ1) is 16.1. The zero-order valence-electron chi connectivity index (χ0n) is 18.1. The molecule has 1 unspecified atom stereocenters. The second-order valence-corrected chi connectivity index (χ2v) is 10.9. The molecule has 0 radical (unpaired) electrons. The summed E-state index contributed by atoms with van der Waals surface area (Å²) in [6, 6.07) is 15.1. The van der Waals surface area contributed by atoms with Crippen molar-refractivity contribution in [3.8, 4) is 11.4 Å². The number of ether oxygens (including phenoxy) is 1. The number of sulfone groups is 1. The summed E-state index contributed by atoms with van der Waals surface area (Å²) in [7, 11) is -3.50. The van der Waals surface area contributed by atoms with E-state index in [0.717, 1.165) is 16.2 Å². The van der Waals surface area contributed by atoms with Gasteiger partial charge < -0.3 is 19.3 Å². The third-order valence-electron chi connectivity index (χ3n) is 5.26. The number of hydrogen-bond acceptors (Lipinski definition) is 6. The van der Waals surface area contributed by atoms with Crippen LogP contribution in [0.3, 0.4) is 0 Å². The van der Waals surface area contributed by atoms with E-state index in [1.165, 1.54) is 12.1 Å². The minimum Gasteiger partial charge on any atom is -0.487 e. The van der Waals surface area contributed by atoms with Gasteiger partial charge in [-0.3, -0.25) is 8.86 Å². The van der Waals surface area contributed by atoms with Gasteiger partial charge in [0.2, 0.25) is 0 Å². The number of hydrogen-bond donors (Lipinski definition) is 2. The number of rotatable bonds is 9. The molecule has 0 amide bonds. The molecular formula is C22H23N3O7S2. The highest BCUT2D eigenvalue weighted by Crippen LogP contribution is 2.33. The van der Waals surface area contributed by atoms with E-state index in [9.17, 15) is 27.1 Å². The highest BCUT2D eigenvalue weighted by molar-refractivity contribution is 7.92. The summed E-state index contributed by atoms with van der Waals surface area (Å²) in [6.07, 6.45) is 4.44. The molecule has 0 spiro atoms. The summed E-state index contributed by atoms with van der Waals surface area (Å²) >= 11 is -2.49. The molecule has 1 saturated heterocycles. The second kappa shape index (κ2) is 9.49. The number of carbonyl (C=O) groups is 1. The average Bonchev–Trinajstić information content (AvgIpc) is 3.28. The Labute approximate surface area is 199 Å². The molecule has 2 N–H and O–H groups in total. The summed E-state index contributed by atoms with van der Waals surface area (Å²) in [6.45, 7) is 1.08. The first-order valence-corrected chi connectivity index (χ1v) is 13.3. The number of carboxylic acids is 1. The maximum Gasteiger partial charge on any atom is 0.337 e. The topological polar surface area (TPSA) is 129 Å². The Balaban J connectivity index is 1.45. The molecule has 0 saturated carbocycles. The van der Waals surface area contributed by atoms with Crippen molar-refractivity contribution < 1.29 is 31.8 Å². The summed E-state index contributed by atoms with van der Waals surface area (Å²) in [5.41, 5.74) is 1.85. The lowest BCUT2D eigenvalue weighted by Gasteiger charge is -2.41. The van der Waals surface area contributed by atoms with Crippen LogP contribution in [0.2, 0.25) is 0 Å². The molecule has 180 valence electrons. The zero-order valence-corrected chi connectivity index (χ0v) is 19.8. The Bertz CT molecular complexity index is 1300. The van der Waals surface area contributed by atoms with Gasteiger partial charge in [0, 0.05) is 18.6 Å². The highest BCUT2D eigenvalue weighted by atomic mass is 32.2. The quantitative estimate of drug-likeness (QED) is 0.424. The van der Waals surface area contributed by atoms with Crippen LogP contribution >= 0.6 is 0 Å². The molecule has 10 nitrogen and oxygen atoms in total. The molecule has 2 heterocycles. The van der Waals surface area contributed by atoms with Crippen molar-refractivity contribution >= 4 is 38.4 Å². The van der Waals surface area contributed by atoms with Crippen LogP contribution in [0.15, 0.2) is 67.0 Å². The predicted octanol–water partition coefficient (Wildman–Crippen LogP) is 2.39. The smallest absolute Gasteiger partial charge is 0.337 e. The molecule has 3 aromatic rings. The SMILES string of the molecule is CS(=O)(=O)CN(c1ccc(OC2CN(c3cccc(C(=O)O)c3-n3cccc3)C2)cc1)S(=O)O. The molecule has 1 atom stereocenters. The fraction of sp³-hybridized carbons (Fsp3) is 0.227. The van der Waals surface area contributed by atoms with Crippen LogP contribution in [0.5, 0.6) is 5.75 Å². The lowest BCUT2D eigenvalue weighted by atomic mass is 10.1. The Morgan fingerprint density at radius 2 is 1.76 bits per heavy atom. The van der Waals surface area contributed by atoms with Crippen molar-refractivity contribution in [1.29, 1.82) is 0 Å². The van der Waals surface area contributed by atoms with E-state index in [0.29, 0.717) is 24.5 Å². The summed E-state index contributed by atoms with van der Waals surface area (Å²) in [4.78, 5) is 13.8. The van der Waals surface area contributed by atoms with E-state index in [1.807, 2.05) is 23.1 Å². The number of carboxylic acid groups (broad SMARTS) is 1. The van der Waals surface area contributed by atoms with Gasteiger partial charge in [0.25, 0.3) is 11.3 Å². The standard InChI is InChI=1S/C22H23N3O7S2/c1-34(30,31)15-25(33(28)29)16-7-9-17(10-8-16)32-18-13-24(14-18)20-6-4-5-19(22(26)27)21(20)23-11-2-3-12-23/h2-12,18H,13-15H2,1H3,(H,26,27)(H,28,29). The van der Waals surface area contributed by atoms with Gasteiger partial charge in [-0.25, -0.2) is 17.4 Å². The van der Waals surface area contributed by atoms with E-state index in [1.54, 1.807) is 41.2 Å². The second-order valence-electron chi connectivity index (χ2n) is 7.87. The van der Waals surface area contributed by atoms with Gasteiger partial charge in [0.05, 0.1) is 35.7 Å². The lowest BCUT2D eigenvalue weighted by Crippen LogP contribution is -2.54. The number of anilines is 2. The Morgan fingerprint density at radius 1 is 1.12 bits per heavy atom. The molecule has 12 heteroatoms. The summed E-state index contributed by atoms with van der Waals surface area (Å²) < 4.78 is 52.6. The van der Waals surface area contributed by atoms with Crippen LogP contribution in [-0.2, 0) is 21.1 Å². The van der Waals surface area contributed by atoms with Gasteiger partial charge in [-0.05, 0) is 48.5 Å². The highest BCUT2D eigenvalue weighted by Gasteiger charge is 2.32. The molecule has 1 fully saturated rings. The largest absolute Gasteiger partial charge is 0.487 e. The van der Waals surface area contributed by atoms with Crippen LogP contribution < -0.4 is 13.9 Å². The first kappa shape index (κ1) is 23.8. The maximum atomic E-state index is 11.8. The van der Waals surface area contributed by atoms with Crippen molar-refractivity contribution in [3.05, 3.63) is 72.6 Å². The molecule has 2 aromatic carbocycles. The number of benzene rings is 2. The van der Waals surface area contributed by atoms with Gasteiger partial charge in [0.15, 0.2) is 9.84 Å². The fourth-order valence-corrected chi connectivity index (χ4v) is 5.54. The summed E-state index contributed by atoms with van der Waals surface area (Å²) in [5.74, 6) is -1.07. The predicted molar refractivity (Wildman–Crippen MR) is 129 cm³/mol. The fourth-order valence-electron chi connectivity index (χ4n) is 3.73. The van der Waals surface area contributed by atoms with Gasteiger partial charge in [-0.15, -0.1) is 0 Å². The van der Waals surface area contributed by atoms with Gasteiger partial charge in [0.1, 0.15) is 17.7 Å². The third-order valence-corrected chi connectivity index (χ3v) is 6.87. The van der Waals surface area contributed by atoms with Gasteiger partial charge in [-0.2, -0.15) is 0 Å². The normalized spacial score (nSPS) is 14.9. The van der Waals surface area contributed by atoms with E-state index in [-0.39, 0.29) is 17.4 Å². The molecule has 1 aliphatic heterocycles. The van der Waals surface area contributed by atoms with Crippen molar-refractivity contribution in [2.24, 2.45) is 0 Å². The molecule has 0 bridgehead atoms. The van der Waals surface area contributed by atoms with Crippen molar-refractivity contribution in [2.45, 2.75) is 6.10 Å². The monoisotopic (exact) mass is 505 g/mol. The van der Waals surface area contributed by atoms with E-state index in [2.05, 4.69) is 0 Å². The Morgan fingerprint density at radius 3 is 2.32 bits per heavy atom. The van der Waals surface area contributed by atoms with Crippen LogP contribution in [0.25, 0.3) is 5.69 Å². The Kier molecular flexibility index (Phi) is 6.64. The minimum atomic E-state index is -3.50. The lowest BCUT2D eigenvalue weighted by molar-refractivity contribution is 0.0697. The molecule has 1 aliphatic rings. The van der Waals surface area contributed by atoms with Crippen molar-refractivity contribution in [1.82, 2.24) is 4.57 Å². The molecular weight excluding hydrogens is 482 g/mol. The average molecular weight is 506 g/mol. The van der Waals surface area contributed by atoms with Gasteiger partial charge in [-0.1, -0.05) is 6.07 Å². The number of aromatic carboxylic acids is 1. The zero-order chi connectivity index (χ0) is 24.5. The molecule has 34 heavy (non-hydrogen) atoms. The maximum absolute atomic E-state index is 11.8. The van der Waals surface area contributed by atoms with E-state index in [4.69, 9.17) is 4.74 Å². The molecule has 1 aromatic heterocycles. The van der Waals surface area contributed by atoms with Gasteiger partial charge >= 0.3 is 5.97 Å². The van der Waals surface area contributed by atoms with Crippen LogP contribution in [0.4, 0.5) is 11.4 Å². The number of nitrogens with zero attached hydrogens (tertiary/aromatic N) is 3. The first-order valence-electron chi connectivity index (χ1n) is 10.2. The molecule has 0 aliphatic carbocycles. The van der Waals surface area contributed by atoms with Crippen molar-refractivity contribution in [2.75, 3.05) is 34.4 Å². The molecule has 4 rings (SSSR count). The van der Waals surface area contributed by atoms with Crippen LogP contribution in [0, 0.1) is 0 Å². The van der Waals surface area contributed by atoms with Crippen LogP contribution in [-0.4, -0.2) is 64.1 Å². The summed E-state index contributed by atoms with van der Waals surface area (Å²) in [5, 5.41) is 9.64. The van der Waals surface area contributed by atoms with Crippen LogP contribution in [0.1, 0.15) is 10.4 Å². The third kappa shape index (κ3) is 5.24. The number of para-hydroxylation sites is 1. The Hall–Kier alpha value is -3.35. The van der Waals surface area contributed by atoms with E-state index >= 15 is 0 Å². The van der Waals surface area contributed by atoms with E-state index < -0.39 is 32.9 Å².